The lowest BCUT2D eigenvalue weighted by molar-refractivity contribution is 0.159. The summed E-state index contributed by atoms with van der Waals surface area (Å²) >= 11 is 1.38. The van der Waals surface area contributed by atoms with Gasteiger partial charge in [0.1, 0.15) is 0 Å². The number of hydrogen-bond donors (Lipinski definition) is 2. The number of nitrogens with zero attached hydrogens (tertiary/aromatic N) is 1. The Bertz CT molecular complexity index is 268. The van der Waals surface area contributed by atoms with E-state index in [4.69, 9.17) is 5.73 Å². The van der Waals surface area contributed by atoms with E-state index < -0.39 is 6.10 Å². The second-order valence-electron chi connectivity index (χ2n) is 3.48. The topological polar surface area (TPSA) is 59.1 Å². The molecule has 1 atom stereocenters. The second kappa shape index (κ2) is 7.91. The van der Waals surface area contributed by atoms with Gasteiger partial charge in [0.05, 0.1) is 11.8 Å². The van der Waals surface area contributed by atoms with Crippen LogP contribution in [0.25, 0.3) is 0 Å². The van der Waals surface area contributed by atoms with E-state index in [0.717, 1.165) is 18.5 Å². The molecule has 1 heterocycles. The molecule has 1 aromatic heterocycles. The molecule has 0 aliphatic carbocycles. The molecule has 3 N–H and O–H groups in total. The first kappa shape index (κ1) is 14.7. The molecule has 0 spiro atoms. The van der Waals surface area contributed by atoms with Crippen molar-refractivity contribution in [3.05, 3.63) is 11.1 Å². The van der Waals surface area contributed by atoms with Crippen molar-refractivity contribution in [2.45, 2.75) is 45.1 Å². The maximum Gasteiger partial charge on any atom is 0.180 e. The lowest BCUT2D eigenvalue weighted by atomic mass is 10.1. The van der Waals surface area contributed by atoms with Gasteiger partial charge in [-0.1, -0.05) is 32.6 Å². The van der Waals surface area contributed by atoms with Crippen molar-refractivity contribution in [2.24, 2.45) is 0 Å². The van der Waals surface area contributed by atoms with Crippen LogP contribution in [0.4, 0.5) is 5.13 Å². The maximum atomic E-state index is 9.72. The van der Waals surface area contributed by atoms with E-state index in [0.29, 0.717) is 5.13 Å². The zero-order valence-corrected chi connectivity index (χ0v) is 10.6. The van der Waals surface area contributed by atoms with Gasteiger partial charge in [-0.25, -0.2) is 4.98 Å². The minimum absolute atomic E-state index is 0. The summed E-state index contributed by atoms with van der Waals surface area (Å²) in [5, 5.41) is 12.1. The molecule has 0 aliphatic heterocycles. The zero-order chi connectivity index (χ0) is 10.4. The van der Waals surface area contributed by atoms with Crippen molar-refractivity contribution in [3.8, 4) is 0 Å². The molecule has 0 fully saturated rings. The third-order valence-corrected chi connectivity index (χ3v) is 2.90. The smallest absolute Gasteiger partial charge is 0.180 e. The highest BCUT2D eigenvalue weighted by Gasteiger charge is 2.10. The summed E-state index contributed by atoms with van der Waals surface area (Å²) in [5.41, 5.74) is 6.21. The second-order valence-corrected chi connectivity index (χ2v) is 4.37. The van der Waals surface area contributed by atoms with Crippen LogP contribution < -0.4 is 5.73 Å². The normalized spacial score (nSPS) is 12.1. The van der Waals surface area contributed by atoms with Crippen molar-refractivity contribution in [3.63, 3.8) is 0 Å². The molecule has 15 heavy (non-hydrogen) atoms. The van der Waals surface area contributed by atoms with Gasteiger partial charge in [-0.05, 0) is 6.42 Å². The van der Waals surface area contributed by atoms with Crippen molar-refractivity contribution < 1.29 is 5.11 Å². The lowest BCUT2D eigenvalue weighted by Crippen LogP contribution is -1.98. The van der Waals surface area contributed by atoms with Crippen LogP contribution in [0.1, 0.15) is 50.8 Å². The van der Waals surface area contributed by atoms with Gasteiger partial charge in [0, 0.05) is 5.38 Å². The summed E-state index contributed by atoms with van der Waals surface area (Å²) in [6, 6.07) is 0. The number of nitrogen functional groups attached to an aromatic ring is 1. The number of aromatic nitrogens is 1. The molecule has 0 unspecified atom stereocenters. The predicted octanol–water partition coefficient (Wildman–Crippen LogP) is 3.15. The zero-order valence-electron chi connectivity index (χ0n) is 8.98. The molecule has 0 aliphatic rings. The Morgan fingerprint density at radius 3 is 2.73 bits per heavy atom. The molecule has 0 saturated carbocycles. The highest BCUT2D eigenvalue weighted by Crippen LogP contribution is 2.22. The molecular weight excluding hydrogens is 232 g/mol. The van der Waals surface area contributed by atoms with Gasteiger partial charge in [-0.2, -0.15) is 0 Å². The molecule has 1 aromatic rings. The number of anilines is 1. The number of aliphatic hydroxyl groups excluding tert-OH is 1. The monoisotopic (exact) mass is 250 g/mol. The largest absolute Gasteiger partial charge is 0.387 e. The fraction of sp³-hybridized carbons (Fsp3) is 0.700. The first-order chi connectivity index (χ1) is 6.74. The van der Waals surface area contributed by atoms with Crippen LogP contribution in [0.3, 0.4) is 0 Å². The molecule has 0 amide bonds. The van der Waals surface area contributed by atoms with E-state index in [1.54, 1.807) is 0 Å². The summed E-state index contributed by atoms with van der Waals surface area (Å²) in [6.45, 7) is 2.18. The lowest BCUT2D eigenvalue weighted by Gasteiger charge is -2.06. The minimum Gasteiger partial charge on any atom is -0.387 e. The Morgan fingerprint density at radius 2 is 2.20 bits per heavy atom. The number of nitrogens with two attached hydrogens (primary N) is 1. The summed E-state index contributed by atoms with van der Waals surface area (Å²) in [4.78, 5) is 4.06. The number of rotatable bonds is 6. The van der Waals surface area contributed by atoms with E-state index in [1.165, 1.54) is 30.6 Å². The van der Waals surface area contributed by atoms with Crippen molar-refractivity contribution in [1.82, 2.24) is 4.98 Å². The molecule has 5 heteroatoms. The van der Waals surface area contributed by atoms with Crippen molar-refractivity contribution >= 4 is 28.9 Å². The Labute approximate surface area is 101 Å². The Kier molecular flexibility index (Phi) is 7.74. The van der Waals surface area contributed by atoms with Crippen molar-refractivity contribution in [2.75, 3.05) is 5.73 Å². The van der Waals surface area contributed by atoms with Crippen LogP contribution in [0, 0.1) is 0 Å². The van der Waals surface area contributed by atoms with Crippen LogP contribution in [-0.4, -0.2) is 10.1 Å². The predicted molar refractivity (Wildman–Crippen MR) is 67.5 cm³/mol. The summed E-state index contributed by atoms with van der Waals surface area (Å²) in [5.74, 6) is 0. The number of thiazole rings is 1. The molecule has 0 radical (unpaired) electrons. The summed E-state index contributed by atoms with van der Waals surface area (Å²) in [7, 11) is 0. The third kappa shape index (κ3) is 5.35. The molecule has 0 bridgehead atoms. The van der Waals surface area contributed by atoms with E-state index in [2.05, 4.69) is 11.9 Å². The maximum absolute atomic E-state index is 9.72. The van der Waals surface area contributed by atoms with E-state index in [9.17, 15) is 5.11 Å². The van der Waals surface area contributed by atoms with Gasteiger partial charge in [0.2, 0.25) is 0 Å². The fourth-order valence-electron chi connectivity index (χ4n) is 1.37. The highest BCUT2D eigenvalue weighted by atomic mass is 35.5. The summed E-state index contributed by atoms with van der Waals surface area (Å²) < 4.78 is 0. The quantitative estimate of drug-likeness (QED) is 0.763. The third-order valence-electron chi connectivity index (χ3n) is 2.21. The number of halogens is 1. The Balaban J connectivity index is 0.00000196. The molecule has 0 saturated heterocycles. The first-order valence-corrected chi connectivity index (χ1v) is 6.01. The van der Waals surface area contributed by atoms with E-state index in [1.807, 2.05) is 5.38 Å². The molecular formula is C10H19ClN2OS. The number of unbranched alkanes of at least 4 members (excludes halogenated alkanes) is 3. The van der Waals surface area contributed by atoms with Gasteiger partial charge in [0.15, 0.2) is 5.13 Å². The Morgan fingerprint density at radius 1 is 1.47 bits per heavy atom. The standard InChI is InChI=1S/C10H18N2OS.ClH/c1-2-3-4-5-6-9(13)8-7-14-10(11)12-8;/h7,9,13H,2-6H2,1H3,(H2,11,12);1H/t9-;/m0./s1. The van der Waals surface area contributed by atoms with Gasteiger partial charge in [-0.3, -0.25) is 0 Å². The number of hydrogen-bond acceptors (Lipinski definition) is 4. The molecule has 0 aromatic carbocycles. The molecule has 88 valence electrons. The summed E-state index contributed by atoms with van der Waals surface area (Å²) in [6.07, 6.45) is 5.08. The first-order valence-electron chi connectivity index (χ1n) is 5.13. The van der Waals surface area contributed by atoms with Crippen LogP contribution in [0.5, 0.6) is 0 Å². The van der Waals surface area contributed by atoms with Gasteiger partial charge in [0.25, 0.3) is 0 Å². The van der Waals surface area contributed by atoms with Crippen LogP contribution in [0.15, 0.2) is 5.38 Å². The fourth-order valence-corrected chi connectivity index (χ4v) is 1.98. The number of aliphatic hydroxyl groups is 1. The Hall–Kier alpha value is -0.320. The van der Waals surface area contributed by atoms with Crippen molar-refractivity contribution in [1.29, 1.82) is 0 Å². The van der Waals surface area contributed by atoms with Crippen LogP contribution in [0.2, 0.25) is 0 Å². The average molecular weight is 251 g/mol. The highest BCUT2D eigenvalue weighted by molar-refractivity contribution is 7.13. The molecule has 3 nitrogen and oxygen atoms in total. The van der Waals surface area contributed by atoms with Crippen LogP contribution in [-0.2, 0) is 0 Å². The molecule has 1 rings (SSSR count). The average Bonchev–Trinajstić information content (AvgIpc) is 2.59. The van der Waals surface area contributed by atoms with Crippen LogP contribution >= 0.6 is 23.7 Å². The van der Waals surface area contributed by atoms with Gasteiger partial charge >= 0.3 is 0 Å². The van der Waals surface area contributed by atoms with Gasteiger partial charge < -0.3 is 10.8 Å². The van der Waals surface area contributed by atoms with E-state index >= 15 is 0 Å². The van der Waals surface area contributed by atoms with E-state index in [-0.39, 0.29) is 12.4 Å². The minimum atomic E-state index is -0.430. The van der Waals surface area contributed by atoms with Gasteiger partial charge in [-0.15, -0.1) is 23.7 Å². The SMILES string of the molecule is CCCCCC[C@H](O)c1csc(N)n1.Cl.